The zero-order chi connectivity index (χ0) is 23.0. The number of carbonyl (C=O) groups excluding carboxylic acids is 2. The quantitative estimate of drug-likeness (QED) is 0.433. The molecule has 0 bridgehead atoms. The van der Waals surface area contributed by atoms with Gasteiger partial charge in [-0.15, -0.1) is 11.8 Å². The number of carbonyl (C=O) groups is 2. The van der Waals surface area contributed by atoms with Crippen LogP contribution in [0.2, 0.25) is 15.1 Å². The van der Waals surface area contributed by atoms with E-state index in [0.29, 0.717) is 39.2 Å². The van der Waals surface area contributed by atoms with E-state index in [2.05, 4.69) is 5.32 Å². The molecular weight excluding hydrogens is 482 g/mol. The van der Waals surface area contributed by atoms with Crippen LogP contribution in [0.25, 0.3) is 0 Å². The topological polar surface area (TPSA) is 49.4 Å². The van der Waals surface area contributed by atoms with E-state index >= 15 is 0 Å². The predicted molar refractivity (Wildman–Crippen MR) is 127 cm³/mol. The lowest BCUT2D eigenvalue weighted by atomic mass is 10.1. The van der Waals surface area contributed by atoms with Crippen molar-refractivity contribution in [2.24, 2.45) is 0 Å². The van der Waals surface area contributed by atoms with Crippen LogP contribution in [-0.4, -0.2) is 35.1 Å². The summed E-state index contributed by atoms with van der Waals surface area (Å²) in [6.45, 7) is 4.19. The number of hydrogen-bond acceptors (Lipinski definition) is 3. The third-order valence-corrected chi connectivity index (χ3v) is 6.67. The minimum atomic E-state index is -0.683. The first-order valence-electron chi connectivity index (χ1n) is 9.80. The van der Waals surface area contributed by atoms with Crippen LogP contribution in [0.15, 0.2) is 36.4 Å². The van der Waals surface area contributed by atoms with Crippen molar-refractivity contribution in [3.8, 4) is 0 Å². The summed E-state index contributed by atoms with van der Waals surface area (Å²) in [4.78, 5) is 27.3. The fraction of sp³-hybridized carbons (Fsp3) is 0.364. The second-order valence-electron chi connectivity index (χ2n) is 6.73. The number of hydrogen-bond donors (Lipinski definition) is 1. The molecule has 0 aliphatic carbocycles. The van der Waals surface area contributed by atoms with Gasteiger partial charge in [-0.3, -0.25) is 9.59 Å². The number of nitrogens with zero attached hydrogens (tertiary/aromatic N) is 1. The summed E-state index contributed by atoms with van der Waals surface area (Å²) < 4.78 is 14.0. The third kappa shape index (κ3) is 7.01. The number of rotatable bonds is 10. The van der Waals surface area contributed by atoms with Crippen molar-refractivity contribution in [3.63, 3.8) is 0 Å². The molecule has 1 N–H and O–H groups in total. The van der Waals surface area contributed by atoms with E-state index < -0.39 is 11.9 Å². The maximum atomic E-state index is 14.0. The van der Waals surface area contributed by atoms with Crippen LogP contribution in [0.5, 0.6) is 0 Å². The summed E-state index contributed by atoms with van der Waals surface area (Å²) in [7, 11) is 0. The lowest BCUT2D eigenvalue weighted by molar-refractivity contribution is -0.139. The monoisotopic (exact) mass is 504 g/mol. The summed E-state index contributed by atoms with van der Waals surface area (Å²) in [6, 6.07) is 8.88. The summed E-state index contributed by atoms with van der Waals surface area (Å²) in [5, 5.41) is 3.92. The van der Waals surface area contributed by atoms with Gasteiger partial charge in [0.05, 0.1) is 5.75 Å². The second-order valence-corrected chi connectivity index (χ2v) is 8.94. The van der Waals surface area contributed by atoms with Crippen LogP contribution < -0.4 is 5.32 Å². The molecule has 2 amide bonds. The maximum absolute atomic E-state index is 14.0. The Bertz CT molecular complexity index is 889. The Morgan fingerprint density at radius 2 is 1.61 bits per heavy atom. The van der Waals surface area contributed by atoms with Gasteiger partial charge in [-0.1, -0.05) is 53.9 Å². The molecule has 0 aromatic heterocycles. The fourth-order valence-corrected chi connectivity index (χ4v) is 4.82. The smallest absolute Gasteiger partial charge is 0.242 e. The van der Waals surface area contributed by atoms with Crippen molar-refractivity contribution >= 4 is 58.4 Å². The number of benzene rings is 2. The molecule has 0 fully saturated rings. The Hall–Kier alpha value is -1.47. The lowest BCUT2D eigenvalue weighted by Gasteiger charge is -2.31. The molecule has 0 aliphatic rings. The molecule has 0 heterocycles. The molecule has 168 valence electrons. The number of amides is 2. The van der Waals surface area contributed by atoms with Gasteiger partial charge < -0.3 is 10.2 Å². The summed E-state index contributed by atoms with van der Waals surface area (Å²) in [5.41, 5.74) is 0.919. The first-order chi connectivity index (χ1) is 14.8. The van der Waals surface area contributed by atoms with E-state index in [9.17, 15) is 14.0 Å². The van der Waals surface area contributed by atoms with E-state index in [1.807, 2.05) is 13.8 Å². The molecule has 1 unspecified atom stereocenters. The average molecular weight is 506 g/mol. The van der Waals surface area contributed by atoms with Crippen LogP contribution in [-0.2, 0) is 21.9 Å². The van der Waals surface area contributed by atoms with Gasteiger partial charge in [-0.05, 0) is 37.6 Å². The highest BCUT2D eigenvalue weighted by atomic mass is 35.5. The van der Waals surface area contributed by atoms with Crippen molar-refractivity contribution in [2.45, 2.75) is 38.6 Å². The normalized spacial score (nSPS) is 11.8. The molecular formula is C22H24Cl3FN2O2S. The highest BCUT2D eigenvalue weighted by Gasteiger charge is 2.29. The van der Waals surface area contributed by atoms with Crippen molar-refractivity contribution in [1.29, 1.82) is 0 Å². The zero-order valence-corrected chi connectivity index (χ0v) is 20.3. The molecule has 0 spiro atoms. The standard InChI is InChI=1S/C22H24Cl3FN2O2S/c1-3-20(22(30)27-4-2)28(11-14-16(23)7-5-8-17(14)24)21(29)13-31-12-15-18(25)9-6-10-19(15)26/h5-10,20H,3-4,11-13H2,1-2H3,(H,27,30). The van der Waals surface area contributed by atoms with Crippen LogP contribution in [0, 0.1) is 5.82 Å². The van der Waals surface area contributed by atoms with Crippen LogP contribution in [0.1, 0.15) is 31.4 Å². The molecule has 0 saturated carbocycles. The van der Waals surface area contributed by atoms with E-state index in [0.717, 1.165) is 0 Å². The molecule has 9 heteroatoms. The Kier molecular flexibility index (Phi) is 10.4. The van der Waals surface area contributed by atoms with Crippen LogP contribution in [0.4, 0.5) is 4.39 Å². The summed E-state index contributed by atoms with van der Waals surface area (Å²) in [5.74, 6) is -0.658. The first kappa shape index (κ1) is 25.8. The summed E-state index contributed by atoms with van der Waals surface area (Å²) >= 11 is 19.9. The van der Waals surface area contributed by atoms with Gasteiger partial charge in [0.25, 0.3) is 0 Å². The van der Waals surface area contributed by atoms with Crippen molar-refractivity contribution in [1.82, 2.24) is 10.2 Å². The van der Waals surface area contributed by atoms with Crippen molar-refractivity contribution in [3.05, 3.63) is 68.4 Å². The number of likely N-dealkylation sites (N-methyl/N-ethyl adjacent to an activating group) is 1. The van der Waals surface area contributed by atoms with Gasteiger partial charge in [0.15, 0.2) is 0 Å². The fourth-order valence-electron chi connectivity index (χ4n) is 3.06. The number of halogens is 4. The van der Waals surface area contributed by atoms with Gasteiger partial charge in [0.2, 0.25) is 11.8 Å². The molecule has 2 aromatic rings. The van der Waals surface area contributed by atoms with Gasteiger partial charge in [-0.2, -0.15) is 0 Å². The molecule has 0 aliphatic heterocycles. The van der Waals surface area contributed by atoms with Crippen molar-refractivity contribution < 1.29 is 14.0 Å². The third-order valence-electron chi connectivity index (χ3n) is 4.66. The average Bonchev–Trinajstić information content (AvgIpc) is 2.72. The molecule has 2 aromatic carbocycles. The maximum Gasteiger partial charge on any atom is 0.242 e. The Morgan fingerprint density at radius 3 is 2.16 bits per heavy atom. The number of thioether (sulfide) groups is 1. The van der Waals surface area contributed by atoms with Gasteiger partial charge in [0.1, 0.15) is 11.9 Å². The lowest BCUT2D eigenvalue weighted by Crippen LogP contribution is -2.49. The van der Waals surface area contributed by atoms with E-state index in [1.54, 1.807) is 24.3 Å². The highest BCUT2D eigenvalue weighted by Crippen LogP contribution is 2.28. The van der Waals surface area contributed by atoms with E-state index in [4.69, 9.17) is 34.8 Å². The zero-order valence-electron chi connectivity index (χ0n) is 17.3. The minimum Gasteiger partial charge on any atom is -0.355 e. The Labute approximate surface area is 201 Å². The molecule has 31 heavy (non-hydrogen) atoms. The van der Waals surface area contributed by atoms with Gasteiger partial charge in [0, 0.05) is 45.0 Å². The van der Waals surface area contributed by atoms with Crippen molar-refractivity contribution in [2.75, 3.05) is 12.3 Å². The molecule has 2 rings (SSSR count). The highest BCUT2D eigenvalue weighted by molar-refractivity contribution is 7.99. The molecule has 4 nitrogen and oxygen atoms in total. The second kappa shape index (κ2) is 12.5. The minimum absolute atomic E-state index is 0.0443. The van der Waals surface area contributed by atoms with E-state index in [1.165, 1.54) is 28.8 Å². The SMILES string of the molecule is CCNC(=O)C(CC)N(Cc1c(Cl)cccc1Cl)C(=O)CSCc1c(F)cccc1Cl. The number of nitrogens with one attached hydrogen (secondary N) is 1. The molecule has 0 radical (unpaired) electrons. The first-order valence-corrected chi connectivity index (χ1v) is 12.1. The Morgan fingerprint density at radius 1 is 1.03 bits per heavy atom. The van der Waals surface area contributed by atoms with Crippen LogP contribution >= 0.6 is 46.6 Å². The van der Waals surface area contributed by atoms with Crippen LogP contribution in [0.3, 0.4) is 0 Å². The van der Waals surface area contributed by atoms with Gasteiger partial charge in [-0.25, -0.2) is 4.39 Å². The summed E-state index contributed by atoms with van der Waals surface area (Å²) in [6.07, 6.45) is 0.420. The molecule has 0 saturated heterocycles. The van der Waals surface area contributed by atoms with E-state index in [-0.39, 0.29) is 29.9 Å². The molecule has 1 atom stereocenters. The van der Waals surface area contributed by atoms with Gasteiger partial charge >= 0.3 is 0 Å². The Balaban J connectivity index is 2.22. The largest absolute Gasteiger partial charge is 0.355 e. The predicted octanol–water partition coefficient (Wildman–Crippen LogP) is 5.96.